The quantitative estimate of drug-likeness (QED) is 0.903. The van der Waals surface area contributed by atoms with Crippen molar-refractivity contribution >= 4 is 0 Å². The van der Waals surface area contributed by atoms with Gasteiger partial charge in [0.1, 0.15) is 5.75 Å². The van der Waals surface area contributed by atoms with Crippen molar-refractivity contribution in [1.29, 1.82) is 0 Å². The Bertz CT molecular complexity index is 440. The maximum atomic E-state index is 14.5. The molecule has 1 aromatic rings. The molecule has 1 aromatic carbocycles. The van der Waals surface area contributed by atoms with Crippen LogP contribution in [0.2, 0.25) is 0 Å². The van der Waals surface area contributed by atoms with Crippen LogP contribution in [0.4, 0.5) is 8.78 Å². The minimum Gasteiger partial charge on any atom is -0.496 e. The summed E-state index contributed by atoms with van der Waals surface area (Å²) in [6.45, 7) is 5.09. The van der Waals surface area contributed by atoms with E-state index in [1.165, 1.54) is 13.2 Å². The molecule has 0 bridgehead atoms. The smallest absolute Gasteiger partial charge is 0.280 e. The number of halogens is 2. The first-order valence-corrected chi connectivity index (χ1v) is 6.73. The van der Waals surface area contributed by atoms with Gasteiger partial charge in [-0.25, -0.2) is 8.78 Å². The molecule has 1 aliphatic rings. The first kappa shape index (κ1) is 14.3. The lowest BCUT2D eigenvalue weighted by molar-refractivity contribution is -0.0592. The van der Waals surface area contributed by atoms with Crippen LogP contribution in [0.25, 0.3) is 0 Å². The third-order valence-corrected chi connectivity index (χ3v) is 3.82. The number of ether oxygens (including phenoxy) is 1. The molecule has 1 unspecified atom stereocenters. The van der Waals surface area contributed by atoms with Crippen LogP contribution in [-0.2, 0) is 5.92 Å². The van der Waals surface area contributed by atoms with E-state index in [2.05, 4.69) is 5.32 Å². The maximum Gasteiger partial charge on any atom is 0.280 e. The average molecular weight is 269 g/mol. The Morgan fingerprint density at radius 2 is 2.11 bits per heavy atom. The lowest BCUT2D eigenvalue weighted by atomic mass is 9.91. The van der Waals surface area contributed by atoms with Gasteiger partial charge in [-0.3, -0.25) is 0 Å². The highest BCUT2D eigenvalue weighted by Gasteiger charge is 2.44. The molecule has 1 N–H and O–H groups in total. The monoisotopic (exact) mass is 269 g/mol. The van der Waals surface area contributed by atoms with E-state index < -0.39 is 11.8 Å². The molecule has 1 atom stereocenters. The Kier molecular flexibility index (Phi) is 4.09. The molecule has 0 radical (unpaired) electrons. The van der Waals surface area contributed by atoms with E-state index in [1.54, 1.807) is 12.1 Å². The van der Waals surface area contributed by atoms with Crippen LogP contribution < -0.4 is 10.1 Å². The van der Waals surface area contributed by atoms with Crippen molar-refractivity contribution in [2.45, 2.75) is 32.1 Å². The van der Waals surface area contributed by atoms with Crippen molar-refractivity contribution < 1.29 is 13.5 Å². The number of alkyl halides is 2. The van der Waals surface area contributed by atoms with Crippen molar-refractivity contribution in [2.75, 3.05) is 20.2 Å². The molecule has 0 spiro atoms. The maximum absolute atomic E-state index is 14.5. The zero-order valence-electron chi connectivity index (χ0n) is 11.7. The van der Waals surface area contributed by atoms with E-state index in [-0.39, 0.29) is 5.56 Å². The minimum atomic E-state index is -2.84. The summed E-state index contributed by atoms with van der Waals surface area (Å²) in [5.74, 6) is -2.90. The number of methoxy groups -OCH3 is 1. The predicted molar refractivity (Wildman–Crippen MR) is 72.0 cm³/mol. The van der Waals surface area contributed by atoms with Crippen LogP contribution in [0.15, 0.2) is 18.2 Å². The highest BCUT2D eigenvalue weighted by atomic mass is 19.3. The second-order valence-electron chi connectivity index (χ2n) is 5.43. The van der Waals surface area contributed by atoms with Gasteiger partial charge in [-0.1, -0.05) is 19.9 Å². The minimum absolute atomic E-state index is 0.00750. The first-order valence-electron chi connectivity index (χ1n) is 6.73. The fourth-order valence-corrected chi connectivity index (χ4v) is 2.53. The first-order chi connectivity index (χ1) is 8.96. The average Bonchev–Trinajstić information content (AvgIpc) is 2.92. The Labute approximate surface area is 113 Å². The zero-order chi connectivity index (χ0) is 14.0. The van der Waals surface area contributed by atoms with Gasteiger partial charge in [0.05, 0.1) is 12.7 Å². The Balaban J connectivity index is 2.37. The normalized spacial score (nSPS) is 20.0. The molecule has 1 fully saturated rings. The molecule has 2 rings (SSSR count). The number of benzene rings is 1. The molecule has 4 heteroatoms. The summed E-state index contributed by atoms with van der Waals surface area (Å²) in [7, 11) is 1.45. The Morgan fingerprint density at radius 1 is 1.37 bits per heavy atom. The second kappa shape index (κ2) is 5.45. The van der Waals surface area contributed by atoms with Crippen molar-refractivity contribution in [2.24, 2.45) is 5.92 Å². The third-order valence-electron chi connectivity index (χ3n) is 3.82. The summed E-state index contributed by atoms with van der Waals surface area (Å²) in [5.41, 5.74) is 1.02. The predicted octanol–water partition coefficient (Wildman–Crippen LogP) is 3.52. The van der Waals surface area contributed by atoms with E-state index in [4.69, 9.17) is 4.74 Å². The van der Waals surface area contributed by atoms with Gasteiger partial charge < -0.3 is 10.1 Å². The summed E-state index contributed by atoms with van der Waals surface area (Å²) in [6, 6.07) is 5.03. The summed E-state index contributed by atoms with van der Waals surface area (Å²) < 4.78 is 34.2. The SMILES string of the molecule is COc1cc(C(C)C)ccc1C(F)(F)C1CCNC1. The van der Waals surface area contributed by atoms with E-state index in [1.807, 2.05) is 13.8 Å². The largest absolute Gasteiger partial charge is 0.496 e. The number of hydrogen-bond acceptors (Lipinski definition) is 2. The summed E-state index contributed by atoms with van der Waals surface area (Å²) >= 11 is 0. The second-order valence-corrected chi connectivity index (χ2v) is 5.43. The third kappa shape index (κ3) is 2.73. The molecule has 0 saturated carbocycles. The van der Waals surface area contributed by atoms with Crippen molar-refractivity contribution in [3.05, 3.63) is 29.3 Å². The molecule has 0 aliphatic carbocycles. The van der Waals surface area contributed by atoms with Gasteiger partial charge in [0.15, 0.2) is 0 Å². The molecule has 1 aliphatic heterocycles. The topological polar surface area (TPSA) is 21.3 Å². The standard InChI is InChI=1S/C15H21F2NO/c1-10(2)11-4-5-13(14(8-11)19-3)15(16,17)12-6-7-18-9-12/h4-5,8,10,12,18H,6-7,9H2,1-3H3. The van der Waals surface area contributed by atoms with Gasteiger partial charge in [0.2, 0.25) is 0 Å². The Hall–Kier alpha value is -1.16. The Morgan fingerprint density at radius 3 is 2.63 bits per heavy atom. The van der Waals surface area contributed by atoms with Crippen LogP contribution in [0.5, 0.6) is 5.75 Å². The molecule has 2 nitrogen and oxygen atoms in total. The summed E-state index contributed by atoms with van der Waals surface area (Å²) in [6.07, 6.45) is 0.502. The van der Waals surface area contributed by atoms with E-state index in [9.17, 15) is 8.78 Å². The number of hydrogen-bond donors (Lipinski definition) is 1. The van der Waals surface area contributed by atoms with Gasteiger partial charge >= 0.3 is 0 Å². The fourth-order valence-electron chi connectivity index (χ4n) is 2.53. The van der Waals surface area contributed by atoms with Crippen LogP contribution in [0.1, 0.15) is 37.3 Å². The number of rotatable bonds is 4. The molecule has 0 aromatic heterocycles. The molecule has 19 heavy (non-hydrogen) atoms. The van der Waals surface area contributed by atoms with Crippen molar-refractivity contribution in [3.63, 3.8) is 0 Å². The van der Waals surface area contributed by atoms with Crippen LogP contribution in [0, 0.1) is 5.92 Å². The van der Waals surface area contributed by atoms with E-state index in [0.29, 0.717) is 31.2 Å². The highest BCUT2D eigenvalue weighted by molar-refractivity contribution is 5.41. The summed E-state index contributed by atoms with van der Waals surface area (Å²) in [5, 5.41) is 2.99. The van der Waals surface area contributed by atoms with Gasteiger partial charge in [-0.15, -0.1) is 0 Å². The van der Waals surface area contributed by atoms with Gasteiger partial charge in [0, 0.05) is 12.5 Å². The van der Waals surface area contributed by atoms with Crippen LogP contribution in [0.3, 0.4) is 0 Å². The van der Waals surface area contributed by atoms with Crippen molar-refractivity contribution in [1.82, 2.24) is 5.32 Å². The lowest BCUT2D eigenvalue weighted by Gasteiger charge is -2.25. The van der Waals surface area contributed by atoms with Crippen LogP contribution >= 0.6 is 0 Å². The molecular weight excluding hydrogens is 248 g/mol. The van der Waals surface area contributed by atoms with E-state index >= 15 is 0 Å². The van der Waals surface area contributed by atoms with Crippen molar-refractivity contribution in [3.8, 4) is 5.75 Å². The summed E-state index contributed by atoms with van der Waals surface area (Å²) in [4.78, 5) is 0. The molecule has 0 amide bonds. The van der Waals surface area contributed by atoms with Gasteiger partial charge in [-0.05, 0) is 36.6 Å². The number of nitrogens with one attached hydrogen (secondary N) is 1. The zero-order valence-corrected chi connectivity index (χ0v) is 11.7. The van der Waals surface area contributed by atoms with Gasteiger partial charge in [-0.2, -0.15) is 0 Å². The van der Waals surface area contributed by atoms with Crippen LogP contribution in [-0.4, -0.2) is 20.2 Å². The molecule has 1 saturated heterocycles. The van der Waals surface area contributed by atoms with Gasteiger partial charge in [0.25, 0.3) is 5.92 Å². The molecule has 1 heterocycles. The molecule has 106 valence electrons. The molecular formula is C15H21F2NO. The fraction of sp³-hybridized carbons (Fsp3) is 0.600. The highest BCUT2D eigenvalue weighted by Crippen LogP contribution is 2.43. The lowest BCUT2D eigenvalue weighted by Crippen LogP contribution is -2.28. The van der Waals surface area contributed by atoms with E-state index in [0.717, 1.165) is 5.56 Å².